The van der Waals surface area contributed by atoms with E-state index < -0.39 is 11.9 Å². The number of phenolic OH excluding ortho intramolecular Hbond substituents is 1. The van der Waals surface area contributed by atoms with Crippen molar-refractivity contribution in [2.24, 2.45) is 21.5 Å². The molecule has 1 aromatic rings. The Bertz CT molecular complexity index is 667. The van der Waals surface area contributed by atoms with Gasteiger partial charge in [0, 0.05) is 12.2 Å². The molecule has 0 radical (unpaired) electrons. The number of carbonyl (C=O) groups is 2. The molecule has 0 atom stereocenters. The minimum absolute atomic E-state index is 0.0781. The summed E-state index contributed by atoms with van der Waals surface area (Å²) >= 11 is 0. The quantitative estimate of drug-likeness (QED) is 0.263. The van der Waals surface area contributed by atoms with E-state index in [1.807, 2.05) is 0 Å². The Hall–Kier alpha value is -3.36. The first kappa shape index (κ1) is 17.7. The van der Waals surface area contributed by atoms with Crippen molar-refractivity contribution >= 4 is 29.5 Å². The fourth-order valence-corrected chi connectivity index (χ4v) is 1.36. The summed E-state index contributed by atoms with van der Waals surface area (Å²) in [6, 6.07) is 6.23. The average Bonchev–Trinajstić information content (AvgIpc) is 2.47. The van der Waals surface area contributed by atoms with Crippen LogP contribution in [0.15, 0.2) is 46.4 Å². The molecule has 1 rings (SSSR count). The van der Waals surface area contributed by atoms with E-state index >= 15 is 0 Å². The molecule has 0 aliphatic carbocycles. The Morgan fingerprint density at radius 3 is 2.65 bits per heavy atom. The van der Waals surface area contributed by atoms with E-state index in [2.05, 4.69) is 20.0 Å². The van der Waals surface area contributed by atoms with E-state index in [9.17, 15) is 14.7 Å². The zero-order chi connectivity index (χ0) is 17.2. The number of ether oxygens (including phenoxy) is 1. The zero-order valence-corrected chi connectivity index (χ0v) is 12.4. The van der Waals surface area contributed by atoms with Gasteiger partial charge in [0.25, 0.3) is 5.91 Å². The van der Waals surface area contributed by atoms with Crippen LogP contribution < -0.4 is 16.8 Å². The van der Waals surface area contributed by atoms with Gasteiger partial charge in [0.1, 0.15) is 11.4 Å². The Balaban J connectivity index is 2.68. The number of phenols is 1. The summed E-state index contributed by atoms with van der Waals surface area (Å²) in [7, 11) is 0. The molecule has 0 aliphatic heterocycles. The standard InChI is InChI=1S/C14H17N5O4/c1-2-23-12(22)8-7-11(21)18-14(16)19-13(15)17-9-5-3-4-6-10(9)20/h3-8,20H,2H2,1H3,(H5,15,16,17,18,19,21). The average molecular weight is 319 g/mol. The monoisotopic (exact) mass is 319 g/mol. The fourth-order valence-electron chi connectivity index (χ4n) is 1.36. The molecule has 122 valence electrons. The van der Waals surface area contributed by atoms with Crippen molar-refractivity contribution in [2.75, 3.05) is 6.61 Å². The zero-order valence-electron chi connectivity index (χ0n) is 12.4. The van der Waals surface area contributed by atoms with Crippen molar-refractivity contribution in [1.82, 2.24) is 5.32 Å². The molecule has 1 aromatic carbocycles. The highest BCUT2D eigenvalue weighted by Crippen LogP contribution is 2.24. The van der Waals surface area contributed by atoms with Gasteiger partial charge < -0.3 is 21.3 Å². The van der Waals surface area contributed by atoms with Crippen LogP contribution in [0.25, 0.3) is 0 Å². The van der Waals surface area contributed by atoms with Crippen LogP contribution >= 0.6 is 0 Å². The number of benzene rings is 1. The highest BCUT2D eigenvalue weighted by atomic mass is 16.5. The number of para-hydroxylation sites is 2. The number of aromatic hydroxyl groups is 1. The van der Waals surface area contributed by atoms with Crippen LogP contribution in [0.1, 0.15) is 6.92 Å². The van der Waals surface area contributed by atoms with Crippen LogP contribution in [0, 0.1) is 0 Å². The fraction of sp³-hybridized carbons (Fsp3) is 0.143. The number of nitrogens with one attached hydrogen (secondary N) is 1. The number of guanidine groups is 2. The number of carbonyl (C=O) groups excluding carboxylic acids is 2. The van der Waals surface area contributed by atoms with Crippen molar-refractivity contribution in [3.05, 3.63) is 36.4 Å². The largest absolute Gasteiger partial charge is 0.506 e. The first-order valence-corrected chi connectivity index (χ1v) is 6.54. The molecular weight excluding hydrogens is 302 g/mol. The molecule has 9 nitrogen and oxygen atoms in total. The van der Waals surface area contributed by atoms with E-state index in [-0.39, 0.29) is 30.0 Å². The molecule has 9 heteroatoms. The van der Waals surface area contributed by atoms with Gasteiger partial charge in [0.15, 0.2) is 0 Å². The molecule has 6 N–H and O–H groups in total. The van der Waals surface area contributed by atoms with Gasteiger partial charge in [-0.25, -0.2) is 9.79 Å². The van der Waals surface area contributed by atoms with Gasteiger partial charge in [-0.05, 0) is 19.1 Å². The van der Waals surface area contributed by atoms with Crippen LogP contribution in [0.4, 0.5) is 5.69 Å². The lowest BCUT2D eigenvalue weighted by Crippen LogP contribution is -2.37. The molecular formula is C14H17N5O4. The predicted molar refractivity (Wildman–Crippen MR) is 84.9 cm³/mol. The number of amides is 1. The number of nitrogens with zero attached hydrogens (tertiary/aromatic N) is 2. The second-order valence-corrected chi connectivity index (χ2v) is 4.03. The topological polar surface area (TPSA) is 152 Å². The van der Waals surface area contributed by atoms with Gasteiger partial charge in [-0.15, -0.1) is 0 Å². The molecule has 0 heterocycles. The van der Waals surface area contributed by atoms with Gasteiger partial charge in [0.2, 0.25) is 11.9 Å². The molecule has 0 unspecified atom stereocenters. The number of hydrogen-bond donors (Lipinski definition) is 4. The summed E-state index contributed by atoms with van der Waals surface area (Å²) in [5, 5.41) is 11.7. The number of nitrogens with two attached hydrogens (primary N) is 2. The summed E-state index contributed by atoms with van der Waals surface area (Å²) < 4.78 is 4.61. The Labute approximate surface area is 132 Å². The van der Waals surface area contributed by atoms with E-state index in [1.165, 1.54) is 12.1 Å². The normalized spacial score (nSPS) is 12.2. The van der Waals surface area contributed by atoms with E-state index in [1.54, 1.807) is 19.1 Å². The highest BCUT2D eigenvalue weighted by molar-refractivity contribution is 6.06. The van der Waals surface area contributed by atoms with E-state index in [0.29, 0.717) is 0 Å². The predicted octanol–water partition coefficient (Wildman–Crippen LogP) is -0.111. The van der Waals surface area contributed by atoms with Crippen LogP contribution in [-0.4, -0.2) is 35.5 Å². The van der Waals surface area contributed by atoms with Crippen molar-refractivity contribution in [2.45, 2.75) is 6.92 Å². The summed E-state index contributed by atoms with van der Waals surface area (Å²) in [5.74, 6) is -2.00. The first-order valence-electron chi connectivity index (χ1n) is 6.54. The molecule has 0 aliphatic rings. The molecule has 0 fully saturated rings. The Kier molecular flexibility index (Phi) is 6.79. The Morgan fingerprint density at radius 2 is 2.00 bits per heavy atom. The third kappa shape index (κ3) is 6.76. The minimum Gasteiger partial charge on any atom is -0.506 e. The molecule has 0 aromatic heterocycles. The lowest BCUT2D eigenvalue weighted by molar-refractivity contribution is -0.137. The molecule has 23 heavy (non-hydrogen) atoms. The Morgan fingerprint density at radius 1 is 1.30 bits per heavy atom. The number of hydrogen-bond acceptors (Lipinski definition) is 5. The van der Waals surface area contributed by atoms with Gasteiger partial charge >= 0.3 is 5.97 Å². The number of esters is 1. The van der Waals surface area contributed by atoms with Crippen molar-refractivity contribution in [3.8, 4) is 5.75 Å². The van der Waals surface area contributed by atoms with Gasteiger partial charge in [-0.3, -0.25) is 10.1 Å². The van der Waals surface area contributed by atoms with E-state index in [0.717, 1.165) is 12.2 Å². The minimum atomic E-state index is -0.685. The maximum Gasteiger partial charge on any atom is 0.330 e. The molecule has 0 saturated heterocycles. The van der Waals surface area contributed by atoms with Gasteiger partial charge in [0.05, 0.1) is 6.61 Å². The SMILES string of the molecule is CCOC(=O)C=CC(=O)N/C(N)=N/C(N)=Nc1ccccc1O. The summed E-state index contributed by atoms with van der Waals surface area (Å²) in [6.07, 6.45) is 1.89. The third-order valence-electron chi connectivity index (χ3n) is 2.26. The summed E-state index contributed by atoms with van der Waals surface area (Å²) in [6.45, 7) is 1.84. The summed E-state index contributed by atoms with van der Waals surface area (Å²) in [4.78, 5) is 30.0. The number of aliphatic imine (C=N–C) groups is 2. The summed E-state index contributed by atoms with van der Waals surface area (Å²) in [5.41, 5.74) is 11.2. The van der Waals surface area contributed by atoms with Crippen LogP contribution in [0.5, 0.6) is 5.75 Å². The maximum atomic E-state index is 11.5. The maximum absolute atomic E-state index is 11.5. The van der Waals surface area contributed by atoms with Crippen LogP contribution in [0.2, 0.25) is 0 Å². The molecule has 0 bridgehead atoms. The van der Waals surface area contributed by atoms with Gasteiger partial charge in [-0.1, -0.05) is 12.1 Å². The van der Waals surface area contributed by atoms with Gasteiger partial charge in [-0.2, -0.15) is 4.99 Å². The first-order chi connectivity index (χ1) is 10.9. The smallest absolute Gasteiger partial charge is 0.330 e. The van der Waals surface area contributed by atoms with Crippen molar-refractivity contribution < 1.29 is 19.4 Å². The van der Waals surface area contributed by atoms with Crippen molar-refractivity contribution in [1.29, 1.82) is 0 Å². The second kappa shape index (κ2) is 8.82. The second-order valence-electron chi connectivity index (χ2n) is 4.03. The van der Waals surface area contributed by atoms with Crippen LogP contribution in [-0.2, 0) is 14.3 Å². The van der Waals surface area contributed by atoms with Crippen molar-refractivity contribution in [3.63, 3.8) is 0 Å². The van der Waals surface area contributed by atoms with Crippen LogP contribution in [0.3, 0.4) is 0 Å². The molecule has 0 saturated carbocycles. The number of rotatable bonds is 4. The highest BCUT2D eigenvalue weighted by Gasteiger charge is 2.03. The third-order valence-corrected chi connectivity index (χ3v) is 2.26. The lowest BCUT2D eigenvalue weighted by atomic mass is 10.3. The molecule has 1 amide bonds. The van der Waals surface area contributed by atoms with E-state index in [4.69, 9.17) is 11.5 Å². The molecule has 0 spiro atoms. The lowest BCUT2D eigenvalue weighted by Gasteiger charge is -2.02.